The maximum Gasteiger partial charge on any atom is 0.224 e. The van der Waals surface area contributed by atoms with Crippen molar-refractivity contribution in [3.63, 3.8) is 0 Å². The number of hydrogen-bond donors (Lipinski definition) is 1. The summed E-state index contributed by atoms with van der Waals surface area (Å²) >= 11 is 0. The molecule has 0 saturated carbocycles. The van der Waals surface area contributed by atoms with Crippen LogP contribution in [-0.4, -0.2) is 36.9 Å². The fraction of sp³-hybridized carbons (Fsp3) is 0.364. The lowest BCUT2D eigenvalue weighted by atomic mass is 10.1. The minimum absolute atomic E-state index is 0.365. The fourth-order valence-corrected chi connectivity index (χ4v) is 1.78. The van der Waals surface area contributed by atoms with E-state index in [0.29, 0.717) is 24.5 Å². The third-order valence-corrected chi connectivity index (χ3v) is 2.56. The highest BCUT2D eigenvalue weighted by atomic mass is 16.1. The van der Waals surface area contributed by atoms with E-state index < -0.39 is 0 Å². The molecule has 1 unspecified atom stereocenters. The van der Waals surface area contributed by atoms with Gasteiger partial charge in [0.15, 0.2) is 0 Å². The third kappa shape index (κ3) is 1.88. The summed E-state index contributed by atoms with van der Waals surface area (Å²) in [5.74, 6) is 0.569. The zero-order chi connectivity index (χ0) is 11.4. The number of anilines is 1. The van der Waals surface area contributed by atoms with Gasteiger partial charge in [-0.15, -0.1) is 0 Å². The number of nitrogens with zero attached hydrogens (tertiary/aromatic N) is 3. The molecule has 2 rings (SSSR count). The standard InChI is InChI=1S/C11H11N4O/c12-6-9-2-1-3-14-11(9)15-5-4-13-7-10(15)8-16/h1-3,10,13H,4-5,7H2. The van der Waals surface area contributed by atoms with Crippen molar-refractivity contribution in [3.8, 4) is 6.07 Å². The second-order valence-electron chi connectivity index (χ2n) is 3.52. The summed E-state index contributed by atoms with van der Waals surface area (Å²) in [6.45, 7) is 1.98. The number of nitrogens with one attached hydrogen (secondary N) is 1. The summed E-state index contributed by atoms with van der Waals surface area (Å²) in [5, 5.41) is 12.1. The Morgan fingerprint density at radius 1 is 1.62 bits per heavy atom. The normalized spacial score (nSPS) is 20.2. The Kier molecular flexibility index (Phi) is 3.13. The monoisotopic (exact) mass is 215 g/mol. The lowest BCUT2D eigenvalue weighted by molar-refractivity contribution is 0.493. The number of piperazine rings is 1. The summed E-state index contributed by atoms with van der Waals surface area (Å²) in [6, 6.07) is 5.13. The molecular formula is C11H11N4O. The molecule has 1 radical (unpaired) electrons. The van der Waals surface area contributed by atoms with Crippen LogP contribution < -0.4 is 10.2 Å². The van der Waals surface area contributed by atoms with Gasteiger partial charge < -0.3 is 10.2 Å². The maximum atomic E-state index is 10.8. The van der Waals surface area contributed by atoms with Crippen LogP contribution in [0.2, 0.25) is 0 Å². The highest BCUT2D eigenvalue weighted by Gasteiger charge is 2.25. The SMILES string of the molecule is N#Cc1cccnc1N1CCNCC1[C]=O. The average Bonchev–Trinajstić information content (AvgIpc) is 2.38. The number of hydrogen-bond acceptors (Lipinski definition) is 5. The summed E-state index contributed by atoms with van der Waals surface area (Å²) in [6.07, 6.45) is 3.59. The van der Waals surface area contributed by atoms with E-state index in [1.165, 1.54) is 0 Å². The first-order valence-corrected chi connectivity index (χ1v) is 5.07. The van der Waals surface area contributed by atoms with E-state index in [2.05, 4.69) is 16.4 Å². The first-order chi connectivity index (χ1) is 7.86. The Balaban J connectivity index is 2.34. The zero-order valence-corrected chi connectivity index (χ0v) is 8.68. The molecule has 0 bridgehead atoms. The van der Waals surface area contributed by atoms with Gasteiger partial charge in [0.1, 0.15) is 17.9 Å². The van der Waals surface area contributed by atoms with Gasteiger partial charge in [0.25, 0.3) is 0 Å². The van der Waals surface area contributed by atoms with Crippen LogP contribution in [0.3, 0.4) is 0 Å². The zero-order valence-electron chi connectivity index (χ0n) is 8.68. The van der Waals surface area contributed by atoms with Gasteiger partial charge in [-0.2, -0.15) is 5.26 Å². The summed E-state index contributed by atoms with van der Waals surface area (Å²) < 4.78 is 0. The highest BCUT2D eigenvalue weighted by molar-refractivity contribution is 5.68. The van der Waals surface area contributed by atoms with Crippen molar-refractivity contribution in [2.75, 3.05) is 24.5 Å². The van der Waals surface area contributed by atoms with E-state index in [1.807, 2.05) is 11.2 Å². The van der Waals surface area contributed by atoms with Gasteiger partial charge in [-0.05, 0) is 12.1 Å². The first kappa shape index (κ1) is 10.6. The molecule has 0 aromatic carbocycles. The summed E-state index contributed by atoms with van der Waals surface area (Å²) in [7, 11) is 0. The van der Waals surface area contributed by atoms with E-state index >= 15 is 0 Å². The Morgan fingerprint density at radius 3 is 3.25 bits per heavy atom. The van der Waals surface area contributed by atoms with Crippen LogP contribution in [-0.2, 0) is 4.79 Å². The summed E-state index contributed by atoms with van der Waals surface area (Å²) in [4.78, 5) is 16.8. The summed E-state index contributed by atoms with van der Waals surface area (Å²) in [5.41, 5.74) is 0.490. The second-order valence-corrected chi connectivity index (χ2v) is 3.52. The molecule has 1 aromatic rings. The predicted octanol–water partition coefficient (Wildman–Crippen LogP) is -0.159. The number of rotatable bonds is 2. The van der Waals surface area contributed by atoms with Crippen molar-refractivity contribution in [2.24, 2.45) is 0 Å². The van der Waals surface area contributed by atoms with Crippen LogP contribution in [0, 0.1) is 11.3 Å². The molecular weight excluding hydrogens is 204 g/mol. The third-order valence-electron chi connectivity index (χ3n) is 2.56. The molecule has 5 heteroatoms. The maximum absolute atomic E-state index is 10.8. The molecule has 1 aliphatic rings. The minimum atomic E-state index is -0.365. The van der Waals surface area contributed by atoms with Crippen molar-refractivity contribution < 1.29 is 4.79 Å². The molecule has 1 saturated heterocycles. The van der Waals surface area contributed by atoms with Gasteiger partial charge in [0.2, 0.25) is 6.29 Å². The topological polar surface area (TPSA) is 69.0 Å². The molecule has 1 fully saturated rings. The number of pyridine rings is 1. The molecule has 2 heterocycles. The number of nitriles is 1. The van der Waals surface area contributed by atoms with Crippen LogP contribution in [0.1, 0.15) is 5.56 Å². The molecule has 0 amide bonds. The van der Waals surface area contributed by atoms with Gasteiger partial charge in [-0.1, -0.05) is 0 Å². The van der Waals surface area contributed by atoms with E-state index in [1.54, 1.807) is 18.3 Å². The van der Waals surface area contributed by atoms with Gasteiger partial charge >= 0.3 is 0 Å². The number of carbonyl (C=O) groups excluding carboxylic acids is 1. The molecule has 1 N–H and O–H groups in total. The lowest BCUT2D eigenvalue weighted by Crippen LogP contribution is -2.52. The predicted molar refractivity (Wildman–Crippen MR) is 58.6 cm³/mol. The first-order valence-electron chi connectivity index (χ1n) is 5.07. The quantitative estimate of drug-likeness (QED) is 0.742. The van der Waals surface area contributed by atoms with Crippen LogP contribution in [0.4, 0.5) is 5.82 Å². The smallest absolute Gasteiger partial charge is 0.224 e. The second kappa shape index (κ2) is 4.73. The van der Waals surface area contributed by atoms with Crippen LogP contribution in [0.5, 0.6) is 0 Å². The Hall–Kier alpha value is -1.93. The minimum Gasteiger partial charge on any atom is -0.342 e. The van der Waals surface area contributed by atoms with Crippen molar-refractivity contribution in [3.05, 3.63) is 23.9 Å². The van der Waals surface area contributed by atoms with Crippen molar-refractivity contribution >= 4 is 12.1 Å². The largest absolute Gasteiger partial charge is 0.342 e. The molecule has 16 heavy (non-hydrogen) atoms. The Morgan fingerprint density at radius 2 is 2.50 bits per heavy atom. The van der Waals surface area contributed by atoms with Crippen molar-refractivity contribution in [1.29, 1.82) is 5.26 Å². The van der Waals surface area contributed by atoms with Gasteiger partial charge in [0, 0.05) is 25.8 Å². The fourth-order valence-electron chi connectivity index (χ4n) is 1.78. The molecule has 0 spiro atoms. The van der Waals surface area contributed by atoms with E-state index in [-0.39, 0.29) is 6.04 Å². The molecule has 1 aromatic heterocycles. The molecule has 81 valence electrons. The van der Waals surface area contributed by atoms with Crippen LogP contribution >= 0.6 is 0 Å². The molecule has 1 aliphatic heterocycles. The molecule has 0 aliphatic carbocycles. The average molecular weight is 215 g/mol. The van der Waals surface area contributed by atoms with Crippen LogP contribution in [0.25, 0.3) is 0 Å². The van der Waals surface area contributed by atoms with E-state index in [9.17, 15) is 4.79 Å². The van der Waals surface area contributed by atoms with Crippen molar-refractivity contribution in [1.82, 2.24) is 10.3 Å². The van der Waals surface area contributed by atoms with E-state index in [4.69, 9.17) is 5.26 Å². The molecule has 1 atom stereocenters. The molecule has 5 nitrogen and oxygen atoms in total. The highest BCUT2D eigenvalue weighted by Crippen LogP contribution is 2.18. The Labute approximate surface area is 93.7 Å². The lowest BCUT2D eigenvalue weighted by Gasteiger charge is -2.33. The van der Waals surface area contributed by atoms with Crippen LogP contribution in [0.15, 0.2) is 18.3 Å². The van der Waals surface area contributed by atoms with Gasteiger partial charge in [-0.25, -0.2) is 4.98 Å². The Bertz CT molecular complexity index is 426. The van der Waals surface area contributed by atoms with Gasteiger partial charge in [0.05, 0.1) is 5.56 Å². The van der Waals surface area contributed by atoms with E-state index in [0.717, 1.165) is 6.54 Å². The number of aromatic nitrogens is 1. The van der Waals surface area contributed by atoms with Crippen molar-refractivity contribution in [2.45, 2.75) is 6.04 Å². The van der Waals surface area contributed by atoms with Gasteiger partial charge in [-0.3, -0.25) is 4.79 Å².